The second-order valence-corrected chi connectivity index (χ2v) is 8.43. The minimum atomic E-state index is 0.903. The topological polar surface area (TPSA) is 38.7 Å². The number of hydrogen-bond acceptors (Lipinski definition) is 3. The van der Waals surface area contributed by atoms with Crippen LogP contribution in [0.3, 0.4) is 0 Å². The van der Waals surface area contributed by atoms with Crippen molar-refractivity contribution in [3.05, 3.63) is 132 Å². The Bertz CT molecular complexity index is 1850. The Morgan fingerprint density at radius 3 is 1.74 bits per heavy atom. The fraction of sp³-hybridized carbons (Fsp3) is 0. The van der Waals surface area contributed by atoms with Crippen molar-refractivity contribution in [2.45, 2.75) is 0 Å². The lowest BCUT2D eigenvalue weighted by atomic mass is 9.89. The molecule has 34 heavy (non-hydrogen) atoms. The highest BCUT2D eigenvalue weighted by Gasteiger charge is 2.18. The van der Waals surface area contributed by atoms with Gasteiger partial charge in [-0.25, -0.2) is 4.98 Å². The molecule has 3 aromatic heterocycles. The molecule has 3 heterocycles. The van der Waals surface area contributed by atoms with Gasteiger partial charge in [-0.1, -0.05) is 66.7 Å². The summed E-state index contributed by atoms with van der Waals surface area (Å²) in [5.74, 6) is 0. The van der Waals surface area contributed by atoms with Gasteiger partial charge >= 0.3 is 0 Å². The van der Waals surface area contributed by atoms with Crippen LogP contribution in [0.2, 0.25) is 0 Å². The summed E-state index contributed by atoms with van der Waals surface area (Å²) < 4.78 is 0. The molecule has 7 aromatic rings. The first-order valence-electron chi connectivity index (χ1n) is 11.4. The van der Waals surface area contributed by atoms with Crippen LogP contribution >= 0.6 is 0 Å². The molecule has 4 aromatic carbocycles. The van der Waals surface area contributed by atoms with Crippen molar-refractivity contribution < 1.29 is 0 Å². The number of pyridine rings is 3. The van der Waals surface area contributed by atoms with Crippen molar-refractivity contribution in [1.82, 2.24) is 15.0 Å². The summed E-state index contributed by atoms with van der Waals surface area (Å²) in [4.78, 5) is 14.6. The van der Waals surface area contributed by atoms with Gasteiger partial charge in [-0.05, 0) is 52.6 Å². The van der Waals surface area contributed by atoms with Gasteiger partial charge in [0.1, 0.15) is 0 Å². The molecule has 158 valence electrons. The van der Waals surface area contributed by atoms with E-state index in [9.17, 15) is 0 Å². The molecule has 3 nitrogen and oxygen atoms in total. The van der Waals surface area contributed by atoms with Crippen molar-refractivity contribution in [3.8, 4) is 0 Å². The first-order valence-corrected chi connectivity index (χ1v) is 11.4. The average Bonchev–Trinajstić information content (AvgIpc) is 2.91. The molecule has 0 atom stereocenters. The number of para-hydroxylation sites is 1. The largest absolute Gasteiger partial charge is 0.256 e. The average molecular weight is 434 g/mol. The van der Waals surface area contributed by atoms with Crippen LogP contribution in [0.5, 0.6) is 0 Å². The molecule has 0 aliphatic heterocycles. The molecule has 0 unspecified atom stereocenters. The van der Waals surface area contributed by atoms with E-state index < -0.39 is 0 Å². The normalized spacial score (nSPS) is 11.5. The van der Waals surface area contributed by atoms with E-state index in [4.69, 9.17) is 15.0 Å². The second-order valence-electron chi connectivity index (χ2n) is 8.43. The Morgan fingerprint density at radius 1 is 0.441 bits per heavy atom. The fourth-order valence-corrected chi connectivity index (χ4v) is 5.17. The van der Waals surface area contributed by atoms with Gasteiger partial charge < -0.3 is 0 Å². The molecule has 7 rings (SSSR count). The number of rotatable bonds is 2. The second kappa shape index (κ2) is 7.46. The van der Waals surface area contributed by atoms with Gasteiger partial charge in [0.15, 0.2) is 0 Å². The molecule has 0 saturated carbocycles. The summed E-state index contributed by atoms with van der Waals surface area (Å²) in [5, 5.41) is 8.30. The Kier molecular flexibility index (Phi) is 4.15. The van der Waals surface area contributed by atoms with E-state index in [2.05, 4.69) is 78.9 Å². The smallest absolute Gasteiger partial charge is 0.0730 e. The first-order chi connectivity index (χ1) is 16.9. The highest BCUT2D eigenvalue weighted by molar-refractivity contribution is 6.29. The minimum Gasteiger partial charge on any atom is -0.256 e. The van der Waals surface area contributed by atoms with Crippen molar-refractivity contribution >= 4 is 48.9 Å². The van der Waals surface area contributed by atoms with Gasteiger partial charge in [0, 0.05) is 39.3 Å². The Morgan fingerprint density at radius 2 is 1.03 bits per heavy atom. The van der Waals surface area contributed by atoms with Crippen LogP contribution in [0.15, 0.2) is 116 Å². The van der Waals surface area contributed by atoms with Crippen LogP contribution < -0.4 is 5.22 Å². The van der Waals surface area contributed by atoms with Gasteiger partial charge in [-0.3, -0.25) is 9.97 Å². The van der Waals surface area contributed by atoms with E-state index in [1.165, 1.54) is 26.9 Å². The maximum Gasteiger partial charge on any atom is 0.0730 e. The van der Waals surface area contributed by atoms with Crippen LogP contribution in [0, 0.1) is 0 Å². The van der Waals surface area contributed by atoms with Crippen molar-refractivity contribution in [3.63, 3.8) is 0 Å². The zero-order valence-electron chi connectivity index (χ0n) is 18.3. The van der Waals surface area contributed by atoms with Crippen LogP contribution in [-0.4, -0.2) is 15.0 Å². The summed E-state index contributed by atoms with van der Waals surface area (Å²) in [6.45, 7) is 0. The van der Waals surface area contributed by atoms with Crippen LogP contribution in [0.4, 0.5) is 0 Å². The minimum absolute atomic E-state index is 0.903. The van der Waals surface area contributed by atoms with E-state index in [0.29, 0.717) is 0 Å². The SMILES string of the molecule is c1ccc(C(c2ccccn2)=c2c3ccccc3c3c4ccccc4nc4cccc2c43)nc1. The Hall–Kier alpha value is -4.63. The predicted molar refractivity (Wildman–Crippen MR) is 140 cm³/mol. The number of benzene rings is 4. The zero-order valence-corrected chi connectivity index (χ0v) is 18.3. The van der Waals surface area contributed by atoms with E-state index in [1.54, 1.807) is 0 Å². The molecule has 0 aliphatic rings. The third-order valence-corrected chi connectivity index (χ3v) is 6.53. The monoisotopic (exact) mass is 433 g/mol. The number of hydrogen-bond donors (Lipinski definition) is 0. The highest BCUT2D eigenvalue weighted by Crippen LogP contribution is 2.36. The van der Waals surface area contributed by atoms with E-state index in [1.807, 2.05) is 36.7 Å². The molecule has 0 saturated heterocycles. The maximum atomic E-state index is 5.04. The Balaban J connectivity index is 1.86. The molecular formula is C31H19N3. The summed E-state index contributed by atoms with van der Waals surface area (Å²) in [6, 6.07) is 35.6. The lowest BCUT2D eigenvalue weighted by Crippen LogP contribution is -2.14. The molecule has 0 N–H and O–H groups in total. The molecule has 0 amide bonds. The highest BCUT2D eigenvalue weighted by atomic mass is 14.7. The lowest BCUT2D eigenvalue weighted by molar-refractivity contribution is 1.22. The van der Waals surface area contributed by atoms with E-state index in [-0.39, 0.29) is 0 Å². The lowest BCUT2D eigenvalue weighted by Gasteiger charge is -2.16. The van der Waals surface area contributed by atoms with Gasteiger partial charge in [0.2, 0.25) is 0 Å². The molecule has 0 radical (unpaired) electrons. The van der Waals surface area contributed by atoms with E-state index >= 15 is 0 Å². The zero-order chi connectivity index (χ0) is 22.5. The molecular weight excluding hydrogens is 414 g/mol. The third-order valence-electron chi connectivity index (χ3n) is 6.53. The molecule has 0 aliphatic carbocycles. The first kappa shape index (κ1) is 18.9. The van der Waals surface area contributed by atoms with Crippen LogP contribution in [0.1, 0.15) is 11.4 Å². The van der Waals surface area contributed by atoms with Gasteiger partial charge in [0.25, 0.3) is 0 Å². The van der Waals surface area contributed by atoms with Crippen molar-refractivity contribution in [1.29, 1.82) is 0 Å². The molecule has 0 bridgehead atoms. The number of nitrogens with zero attached hydrogens (tertiary/aromatic N) is 3. The number of fused-ring (bicyclic) bond motifs is 4. The standard InChI is InChI=1S/C31H19N3/c1-2-11-21-20(10-1)28-22-12-3-4-14-24(22)34-27-17-9-13-23(30(27)28)29(21)31(25-15-5-7-18-32-25)26-16-6-8-19-33-26/h1-19H. The van der Waals surface area contributed by atoms with Gasteiger partial charge in [-0.2, -0.15) is 0 Å². The summed E-state index contributed by atoms with van der Waals surface area (Å²) in [7, 11) is 0. The summed E-state index contributed by atoms with van der Waals surface area (Å²) >= 11 is 0. The van der Waals surface area contributed by atoms with E-state index in [0.717, 1.165) is 38.6 Å². The molecule has 0 fully saturated rings. The molecule has 3 heteroatoms. The van der Waals surface area contributed by atoms with Crippen molar-refractivity contribution in [2.24, 2.45) is 0 Å². The fourth-order valence-electron chi connectivity index (χ4n) is 5.17. The van der Waals surface area contributed by atoms with Gasteiger partial charge in [0.05, 0.1) is 22.4 Å². The van der Waals surface area contributed by atoms with Crippen LogP contribution in [-0.2, 0) is 0 Å². The van der Waals surface area contributed by atoms with Gasteiger partial charge in [-0.15, -0.1) is 0 Å². The van der Waals surface area contributed by atoms with Crippen molar-refractivity contribution in [2.75, 3.05) is 0 Å². The maximum absolute atomic E-state index is 5.04. The van der Waals surface area contributed by atoms with Crippen LogP contribution in [0.25, 0.3) is 48.9 Å². The predicted octanol–water partition coefficient (Wildman–Crippen LogP) is 6.45. The summed E-state index contributed by atoms with van der Waals surface area (Å²) in [6.07, 6.45) is 3.69. The summed E-state index contributed by atoms with van der Waals surface area (Å²) in [5.41, 5.74) is 4.85. The molecule has 0 spiro atoms. The number of aromatic nitrogens is 3. The quantitative estimate of drug-likeness (QED) is 0.232. The third kappa shape index (κ3) is 2.74. The Labute approximate surface area is 196 Å².